The third-order valence-corrected chi connectivity index (χ3v) is 16.3. The number of fused-ring (bicyclic) bond motifs is 10. The van der Waals surface area contributed by atoms with Crippen molar-refractivity contribution in [2.45, 2.75) is 17.3 Å². The summed E-state index contributed by atoms with van der Waals surface area (Å²) in [4.78, 5) is 26.1. The van der Waals surface area contributed by atoms with Crippen LogP contribution in [0.5, 0.6) is 0 Å². The van der Waals surface area contributed by atoms with E-state index in [1.54, 1.807) is 0 Å². The van der Waals surface area contributed by atoms with Gasteiger partial charge in [0.2, 0.25) is 0 Å². The minimum Gasteiger partial charge on any atom is -0.228 e. The number of rotatable bonds is 6. The van der Waals surface area contributed by atoms with Crippen LogP contribution in [0.4, 0.5) is 0 Å². The summed E-state index contributed by atoms with van der Waals surface area (Å²) in [5.41, 5.74) is 25.6. The lowest BCUT2D eigenvalue weighted by Gasteiger charge is -2.42. The second-order valence-electron chi connectivity index (χ2n) is 20.2. The molecular weight excluding hydrogens is 911 g/mol. The lowest BCUT2D eigenvalue weighted by atomic mass is 9.60. The molecule has 348 valence electrons. The van der Waals surface area contributed by atoms with E-state index in [-0.39, 0.29) is 11.8 Å². The van der Waals surface area contributed by atoms with Gasteiger partial charge in [-0.15, -0.1) is 0 Å². The van der Waals surface area contributed by atoms with Crippen LogP contribution in [-0.2, 0) is 5.41 Å². The van der Waals surface area contributed by atoms with E-state index in [9.17, 15) is 0 Å². The SMILES string of the molecule is c1ccc(-c2nc(-c3ccc4c(c3)C3c5ccccc5C4c4cc(-c5nc(-c6ccccc6)nc(-c6ccccc6)n5)ccc43)cc(-c3ccc4c(c3)C3(c5ccccc5-c5ccccc53)c3ccccc3-4)n2)cc1. The molecule has 0 aliphatic heterocycles. The Hall–Kier alpha value is -9.71. The molecule has 0 amide bonds. The zero-order chi connectivity index (χ0) is 49.2. The van der Waals surface area contributed by atoms with Gasteiger partial charge in [0.15, 0.2) is 23.3 Å². The predicted octanol–water partition coefficient (Wildman–Crippen LogP) is 16.0. The van der Waals surface area contributed by atoms with Crippen LogP contribution in [0.2, 0.25) is 0 Å². The van der Waals surface area contributed by atoms with Crippen molar-refractivity contribution in [2.24, 2.45) is 0 Å². The number of nitrogens with zero attached hydrogens (tertiary/aromatic N) is 5. The first-order valence-electron chi connectivity index (χ1n) is 25.8. The third kappa shape index (κ3) is 6.16. The molecule has 2 bridgehead atoms. The highest BCUT2D eigenvalue weighted by atomic mass is 15.0. The van der Waals surface area contributed by atoms with E-state index in [4.69, 9.17) is 24.9 Å². The molecule has 17 rings (SSSR count). The van der Waals surface area contributed by atoms with Crippen molar-refractivity contribution in [1.29, 1.82) is 0 Å². The maximum Gasteiger partial charge on any atom is 0.164 e. The van der Waals surface area contributed by atoms with Crippen LogP contribution < -0.4 is 0 Å². The van der Waals surface area contributed by atoms with Crippen molar-refractivity contribution in [3.63, 3.8) is 0 Å². The van der Waals surface area contributed by atoms with Gasteiger partial charge in [-0.2, -0.15) is 0 Å². The van der Waals surface area contributed by atoms with E-state index in [2.05, 4.69) is 206 Å². The molecular formula is C70H43N5. The van der Waals surface area contributed by atoms with Crippen LogP contribution in [0.1, 0.15) is 67.5 Å². The fraction of sp³-hybridized carbons (Fsp3) is 0.0429. The maximum absolute atomic E-state index is 5.42. The molecule has 5 aliphatic carbocycles. The second-order valence-corrected chi connectivity index (χ2v) is 20.2. The normalized spacial score (nSPS) is 15.3. The zero-order valence-electron chi connectivity index (χ0n) is 40.6. The first kappa shape index (κ1) is 41.9. The Morgan fingerprint density at radius 1 is 0.227 bits per heavy atom. The van der Waals surface area contributed by atoms with Crippen molar-refractivity contribution in [3.05, 3.63) is 304 Å². The monoisotopic (exact) mass is 953 g/mol. The molecule has 0 saturated heterocycles. The summed E-state index contributed by atoms with van der Waals surface area (Å²) >= 11 is 0. The van der Waals surface area contributed by atoms with Crippen LogP contribution in [0, 0.1) is 0 Å². The van der Waals surface area contributed by atoms with Gasteiger partial charge in [-0.05, 0) is 102 Å². The Bertz CT molecular complexity index is 4200. The van der Waals surface area contributed by atoms with Gasteiger partial charge in [0.1, 0.15) is 0 Å². The first-order valence-corrected chi connectivity index (χ1v) is 25.8. The quantitative estimate of drug-likeness (QED) is 0.166. The summed E-state index contributed by atoms with van der Waals surface area (Å²) in [7, 11) is 0. The summed E-state index contributed by atoms with van der Waals surface area (Å²) in [5, 5.41) is 0. The van der Waals surface area contributed by atoms with Gasteiger partial charge < -0.3 is 0 Å². The molecule has 2 atom stereocenters. The molecule has 75 heavy (non-hydrogen) atoms. The van der Waals surface area contributed by atoms with Gasteiger partial charge in [-0.25, -0.2) is 24.9 Å². The van der Waals surface area contributed by atoms with E-state index >= 15 is 0 Å². The average molecular weight is 954 g/mol. The molecule has 5 aliphatic rings. The number of aromatic nitrogens is 5. The summed E-state index contributed by atoms with van der Waals surface area (Å²) in [5.74, 6) is 2.73. The van der Waals surface area contributed by atoms with Gasteiger partial charge in [0.25, 0.3) is 0 Å². The molecule has 12 aromatic rings. The number of hydrogen-bond acceptors (Lipinski definition) is 5. The lowest BCUT2D eigenvalue weighted by molar-refractivity contribution is 0.754. The summed E-state index contributed by atoms with van der Waals surface area (Å²) in [6, 6.07) is 89.9. The second kappa shape index (κ2) is 16.1. The lowest BCUT2D eigenvalue weighted by Crippen LogP contribution is -2.27. The fourth-order valence-electron chi connectivity index (χ4n) is 13.2. The maximum atomic E-state index is 5.42. The minimum absolute atomic E-state index is 0.0313. The highest BCUT2D eigenvalue weighted by Gasteiger charge is 2.51. The molecule has 2 heterocycles. The van der Waals surface area contributed by atoms with E-state index in [1.807, 2.05) is 42.5 Å². The fourth-order valence-corrected chi connectivity index (χ4v) is 13.2. The number of benzene rings is 10. The highest BCUT2D eigenvalue weighted by Crippen LogP contribution is 2.63. The Morgan fingerprint density at radius 3 is 1.07 bits per heavy atom. The van der Waals surface area contributed by atoms with Crippen molar-refractivity contribution in [2.75, 3.05) is 0 Å². The van der Waals surface area contributed by atoms with Crippen LogP contribution in [-0.4, -0.2) is 24.9 Å². The molecule has 1 spiro atoms. The predicted molar refractivity (Wildman–Crippen MR) is 299 cm³/mol. The van der Waals surface area contributed by atoms with E-state index < -0.39 is 5.41 Å². The van der Waals surface area contributed by atoms with Crippen LogP contribution in [0.25, 0.3) is 90.3 Å². The number of hydrogen-bond donors (Lipinski definition) is 0. The smallest absolute Gasteiger partial charge is 0.164 e. The average Bonchev–Trinajstić information content (AvgIpc) is 4.15. The molecule has 10 aromatic carbocycles. The Kier molecular flexibility index (Phi) is 9.01. The summed E-state index contributed by atoms with van der Waals surface area (Å²) in [6.45, 7) is 0. The minimum atomic E-state index is -0.458. The van der Waals surface area contributed by atoms with Crippen LogP contribution >= 0.6 is 0 Å². The van der Waals surface area contributed by atoms with Crippen molar-refractivity contribution in [1.82, 2.24) is 24.9 Å². The van der Waals surface area contributed by atoms with E-state index in [0.717, 1.165) is 44.8 Å². The molecule has 0 radical (unpaired) electrons. The van der Waals surface area contributed by atoms with Gasteiger partial charge in [-0.1, -0.05) is 224 Å². The molecule has 0 saturated carbocycles. The van der Waals surface area contributed by atoms with Crippen molar-refractivity contribution < 1.29 is 0 Å². The first-order chi connectivity index (χ1) is 37.2. The van der Waals surface area contributed by atoms with Gasteiger partial charge in [-0.3, -0.25) is 0 Å². The molecule has 2 aromatic heterocycles. The Labute approximate surface area is 434 Å². The van der Waals surface area contributed by atoms with E-state index in [0.29, 0.717) is 23.3 Å². The Morgan fingerprint density at radius 2 is 0.573 bits per heavy atom. The van der Waals surface area contributed by atoms with E-state index in [1.165, 1.54) is 77.9 Å². The molecule has 0 N–H and O–H groups in total. The van der Waals surface area contributed by atoms with Crippen LogP contribution in [0.3, 0.4) is 0 Å². The summed E-state index contributed by atoms with van der Waals surface area (Å²) < 4.78 is 0. The van der Waals surface area contributed by atoms with Gasteiger partial charge in [0, 0.05) is 45.2 Å². The largest absolute Gasteiger partial charge is 0.228 e. The standard InChI is InChI=1S/C70H43N5/c1-4-18-42(19-5-1)66-71-62(41-63(72-66)46-32-35-51-50-26-14-17-31-60(50)70(61(51)40-46)58-29-15-12-24-48(58)49-25-13-16-30-59(49)70)45-33-36-54-56(38-45)64-52-27-10-11-28-53(52)65(54)57-39-47(34-37-55(57)64)69-74-67(43-20-6-2-7-21-43)73-68(75-69)44-22-8-3-9-23-44/h1-41,64-65H. The highest BCUT2D eigenvalue weighted by molar-refractivity contribution is 5.96. The molecule has 5 heteroatoms. The summed E-state index contributed by atoms with van der Waals surface area (Å²) in [6.07, 6.45) is 0. The van der Waals surface area contributed by atoms with Crippen LogP contribution in [0.15, 0.2) is 249 Å². The molecule has 2 unspecified atom stereocenters. The van der Waals surface area contributed by atoms with Gasteiger partial charge >= 0.3 is 0 Å². The van der Waals surface area contributed by atoms with Crippen molar-refractivity contribution >= 4 is 0 Å². The van der Waals surface area contributed by atoms with Crippen molar-refractivity contribution in [3.8, 4) is 90.3 Å². The van der Waals surface area contributed by atoms with Gasteiger partial charge in [0.05, 0.1) is 16.8 Å². The zero-order valence-corrected chi connectivity index (χ0v) is 40.6. The Balaban J connectivity index is 0.837. The molecule has 5 nitrogen and oxygen atoms in total. The third-order valence-electron chi connectivity index (χ3n) is 16.3. The topological polar surface area (TPSA) is 64.5 Å². The molecule has 0 fully saturated rings.